The minimum Gasteiger partial charge on any atom is -0.393 e. The Morgan fingerprint density at radius 1 is 0.933 bits per heavy atom. The van der Waals surface area contributed by atoms with E-state index < -0.39 is 24.9 Å². The van der Waals surface area contributed by atoms with Crippen LogP contribution in [0.5, 0.6) is 0 Å². The SMILES string of the molecule is CCCCCCCC(F)(CO)C(F)(F)F. The molecule has 0 rings (SSSR count). The molecule has 0 bridgehead atoms. The molecule has 0 fully saturated rings. The van der Waals surface area contributed by atoms with Gasteiger partial charge in [-0.15, -0.1) is 0 Å². The van der Waals surface area contributed by atoms with Gasteiger partial charge in [-0.25, -0.2) is 4.39 Å². The van der Waals surface area contributed by atoms with Crippen LogP contribution >= 0.6 is 0 Å². The summed E-state index contributed by atoms with van der Waals surface area (Å²) in [6.07, 6.45) is -2.12. The van der Waals surface area contributed by atoms with E-state index >= 15 is 0 Å². The van der Waals surface area contributed by atoms with Crippen LogP contribution in [0, 0.1) is 0 Å². The summed E-state index contributed by atoms with van der Waals surface area (Å²) in [6, 6.07) is 0. The first-order chi connectivity index (χ1) is 6.87. The number of aliphatic hydroxyl groups is 1. The highest BCUT2D eigenvalue weighted by molar-refractivity contribution is 4.86. The standard InChI is InChI=1S/C10H18F4O/c1-2-3-4-5-6-7-9(11,8-15)10(12,13)14/h15H,2-8H2,1H3. The van der Waals surface area contributed by atoms with Crippen molar-refractivity contribution < 1.29 is 22.7 Å². The zero-order valence-corrected chi connectivity index (χ0v) is 8.91. The molecule has 0 aliphatic carbocycles. The zero-order valence-electron chi connectivity index (χ0n) is 8.91. The summed E-state index contributed by atoms with van der Waals surface area (Å²) in [5.74, 6) is 0. The molecule has 0 spiro atoms. The largest absolute Gasteiger partial charge is 0.424 e. The molecular formula is C10H18F4O. The van der Waals surface area contributed by atoms with E-state index in [0.717, 1.165) is 19.3 Å². The van der Waals surface area contributed by atoms with Crippen LogP contribution in [0.4, 0.5) is 17.6 Å². The third-order valence-electron chi connectivity index (χ3n) is 2.44. The lowest BCUT2D eigenvalue weighted by molar-refractivity contribution is -0.243. The topological polar surface area (TPSA) is 20.2 Å². The fraction of sp³-hybridized carbons (Fsp3) is 1.00. The fourth-order valence-corrected chi connectivity index (χ4v) is 1.32. The molecule has 1 nitrogen and oxygen atoms in total. The van der Waals surface area contributed by atoms with E-state index in [2.05, 4.69) is 0 Å². The molecule has 0 aliphatic rings. The van der Waals surface area contributed by atoms with Gasteiger partial charge in [-0.2, -0.15) is 13.2 Å². The van der Waals surface area contributed by atoms with Gasteiger partial charge in [-0.05, 0) is 12.8 Å². The van der Waals surface area contributed by atoms with Crippen molar-refractivity contribution in [1.82, 2.24) is 0 Å². The van der Waals surface area contributed by atoms with E-state index in [4.69, 9.17) is 5.11 Å². The molecule has 0 heterocycles. The summed E-state index contributed by atoms with van der Waals surface area (Å²) < 4.78 is 49.6. The lowest BCUT2D eigenvalue weighted by Gasteiger charge is -2.25. The van der Waals surface area contributed by atoms with Gasteiger partial charge in [0.05, 0.1) is 6.61 Å². The first-order valence-electron chi connectivity index (χ1n) is 5.24. The van der Waals surface area contributed by atoms with Gasteiger partial charge in [0.25, 0.3) is 0 Å². The first-order valence-corrected chi connectivity index (χ1v) is 5.24. The maximum atomic E-state index is 13.2. The third kappa shape index (κ3) is 4.82. The summed E-state index contributed by atoms with van der Waals surface area (Å²) in [4.78, 5) is 0. The number of hydrogen-bond acceptors (Lipinski definition) is 1. The molecule has 5 heteroatoms. The summed E-state index contributed by atoms with van der Waals surface area (Å²) >= 11 is 0. The van der Waals surface area contributed by atoms with Crippen LogP contribution in [0.2, 0.25) is 0 Å². The van der Waals surface area contributed by atoms with Crippen LogP contribution in [0.3, 0.4) is 0 Å². The molecule has 0 amide bonds. The van der Waals surface area contributed by atoms with Crippen LogP contribution in [-0.2, 0) is 0 Å². The second-order valence-electron chi connectivity index (χ2n) is 3.79. The van der Waals surface area contributed by atoms with Gasteiger partial charge in [0.2, 0.25) is 5.67 Å². The van der Waals surface area contributed by atoms with E-state index in [1.54, 1.807) is 0 Å². The Kier molecular flexibility index (Phi) is 6.17. The normalized spacial score (nSPS) is 16.4. The molecule has 0 aromatic heterocycles. The van der Waals surface area contributed by atoms with Crippen LogP contribution in [0.15, 0.2) is 0 Å². The van der Waals surface area contributed by atoms with E-state index in [9.17, 15) is 17.6 Å². The van der Waals surface area contributed by atoms with Gasteiger partial charge in [0.15, 0.2) is 0 Å². The Bertz CT molecular complexity index is 169. The van der Waals surface area contributed by atoms with Crippen molar-refractivity contribution in [2.45, 2.75) is 57.3 Å². The summed E-state index contributed by atoms with van der Waals surface area (Å²) in [7, 11) is 0. The van der Waals surface area contributed by atoms with Crippen molar-refractivity contribution in [3.63, 3.8) is 0 Å². The van der Waals surface area contributed by atoms with Crippen LogP contribution in [0.25, 0.3) is 0 Å². The maximum absolute atomic E-state index is 13.2. The summed E-state index contributed by atoms with van der Waals surface area (Å²) in [5, 5.41) is 8.43. The van der Waals surface area contributed by atoms with Gasteiger partial charge in [0.1, 0.15) is 0 Å². The van der Waals surface area contributed by atoms with Gasteiger partial charge < -0.3 is 5.11 Å². The highest BCUT2D eigenvalue weighted by Crippen LogP contribution is 2.37. The molecule has 1 unspecified atom stereocenters. The van der Waals surface area contributed by atoms with Crippen molar-refractivity contribution in [3.8, 4) is 0 Å². The predicted octanol–water partition coefficient (Wildman–Crippen LogP) is 3.61. The van der Waals surface area contributed by atoms with E-state index in [1.807, 2.05) is 6.92 Å². The Morgan fingerprint density at radius 3 is 1.87 bits per heavy atom. The van der Waals surface area contributed by atoms with Gasteiger partial charge in [-0.1, -0.05) is 32.6 Å². The second-order valence-corrected chi connectivity index (χ2v) is 3.79. The molecule has 1 N–H and O–H groups in total. The number of aliphatic hydroxyl groups excluding tert-OH is 1. The van der Waals surface area contributed by atoms with E-state index in [-0.39, 0.29) is 6.42 Å². The quantitative estimate of drug-likeness (QED) is 0.523. The smallest absolute Gasteiger partial charge is 0.393 e. The molecule has 0 saturated heterocycles. The Labute approximate surface area is 87.5 Å². The Hall–Kier alpha value is -0.320. The van der Waals surface area contributed by atoms with Crippen LogP contribution in [-0.4, -0.2) is 23.6 Å². The highest BCUT2D eigenvalue weighted by Gasteiger charge is 2.54. The minimum atomic E-state index is -4.97. The number of hydrogen-bond donors (Lipinski definition) is 1. The molecule has 0 saturated carbocycles. The third-order valence-corrected chi connectivity index (χ3v) is 2.44. The monoisotopic (exact) mass is 230 g/mol. The number of rotatable bonds is 7. The first kappa shape index (κ1) is 14.7. The maximum Gasteiger partial charge on any atom is 0.424 e. The highest BCUT2D eigenvalue weighted by atomic mass is 19.4. The van der Waals surface area contributed by atoms with E-state index in [0.29, 0.717) is 6.42 Å². The molecule has 92 valence electrons. The Balaban J connectivity index is 3.90. The van der Waals surface area contributed by atoms with Crippen molar-refractivity contribution >= 4 is 0 Å². The number of unbranched alkanes of at least 4 members (excludes halogenated alkanes) is 4. The van der Waals surface area contributed by atoms with Crippen LogP contribution < -0.4 is 0 Å². The van der Waals surface area contributed by atoms with Gasteiger partial charge in [-0.3, -0.25) is 0 Å². The van der Waals surface area contributed by atoms with Crippen molar-refractivity contribution in [2.24, 2.45) is 0 Å². The molecule has 0 radical (unpaired) electrons. The van der Waals surface area contributed by atoms with Gasteiger partial charge in [0, 0.05) is 0 Å². The van der Waals surface area contributed by atoms with Crippen molar-refractivity contribution in [3.05, 3.63) is 0 Å². The molecule has 0 aromatic carbocycles. The lowest BCUT2D eigenvalue weighted by atomic mass is 9.97. The summed E-state index contributed by atoms with van der Waals surface area (Å²) in [6.45, 7) is 0.507. The number of halogens is 4. The average molecular weight is 230 g/mol. The zero-order chi connectivity index (χ0) is 11.9. The molecular weight excluding hydrogens is 212 g/mol. The fourth-order valence-electron chi connectivity index (χ4n) is 1.32. The molecule has 15 heavy (non-hydrogen) atoms. The van der Waals surface area contributed by atoms with Crippen molar-refractivity contribution in [2.75, 3.05) is 6.61 Å². The van der Waals surface area contributed by atoms with E-state index in [1.165, 1.54) is 0 Å². The lowest BCUT2D eigenvalue weighted by Crippen LogP contribution is -2.44. The second kappa shape index (κ2) is 6.30. The molecule has 1 atom stereocenters. The molecule has 0 aliphatic heterocycles. The average Bonchev–Trinajstić information content (AvgIpc) is 2.15. The molecule has 0 aromatic rings. The Morgan fingerprint density at radius 2 is 1.47 bits per heavy atom. The summed E-state index contributed by atoms with van der Waals surface area (Å²) in [5.41, 5.74) is -3.42. The minimum absolute atomic E-state index is 0.163. The van der Waals surface area contributed by atoms with Crippen LogP contribution in [0.1, 0.15) is 45.4 Å². The van der Waals surface area contributed by atoms with Gasteiger partial charge >= 0.3 is 6.18 Å². The van der Waals surface area contributed by atoms with Crippen molar-refractivity contribution in [1.29, 1.82) is 0 Å². The predicted molar refractivity (Wildman–Crippen MR) is 50.4 cm³/mol. The number of alkyl halides is 4.